The fourth-order valence-corrected chi connectivity index (χ4v) is 5.01. The minimum Gasteiger partial charge on any atom is -0.379 e. The van der Waals surface area contributed by atoms with Gasteiger partial charge in [-0.2, -0.15) is 4.31 Å². The second-order valence-corrected chi connectivity index (χ2v) is 9.82. The highest BCUT2D eigenvalue weighted by Crippen LogP contribution is 2.20. The number of amides is 2. The summed E-state index contributed by atoms with van der Waals surface area (Å²) in [5.74, 6) is -1.08. The van der Waals surface area contributed by atoms with E-state index < -0.39 is 21.8 Å². The molecule has 11 heteroatoms. The van der Waals surface area contributed by atoms with Crippen molar-refractivity contribution in [1.82, 2.24) is 15.2 Å². The lowest BCUT2D eigenvalue weighted by atomic mass is 10.2. The molecule has 0 bridgehead atoms. The van der Waals surface area contributed by atoms with Crippen LogP contribution in [0.4, 0.5) is 0 Å². The van der Waals surface area contributed by atoms with Crippen LogP contribution in [0, 0.1) is 0 Å². The van der Waals surface area contributed by atoms with Crippen LogP contribution in [-0.4, -0.2) is 50.8 Å². The first-order chi connectivity index (χ1) is 12.9. The molecule has 3 rings (SSSR count). The van der Waals surface area contributed by atoms with Crippen molar-refractivity contribution < 1.29 is 22.7 Å². The first-order valence-electron chi connectivity index (χ1n) is 7.90. The molecule has 0 unspecified atom stereocenters. The molecule has 2 heterocycles. The van der Waals surface area contributed by atoms with E-state index in [0.717, 1.165) is 3.79 Å². The molecule has 8 nitrogen and oxygen atoms in total. The number of hydrazine groups is 1. The molecule has 1 saturated heterocycles. The molecular formula is C16H16BrN3O5S2. The Morgan fingerprint density at radius 2 is 1.74 bits per heavy atom. The van der Waals surface area contributed by atoms with E-state index >= 15 is 0 Å². The van der Waals surface area contributed by atoms with Crippen LogP contribution in [0.5, 0.6) is 0 Å². The standard InChI is InChI=1S/C16H16BrN3O5S2/c17-14-9-12(10-26-14)16(22)19-18-15(21)11-2-1-3-13(8-11)27(23,24)20-4-6-25-7-5-20/h1-3,8-10H,4-7H2,(H,18,21)(H,19,22). The summed E-state index contributed by atoms with van der Waals surface area (Å²) in [6, 6.07) is 7.30. The van der Waals surface area contributed by atoms with Crippen molar-refractivity contribution in [2.24, 2.45) is 0 Å². The second kappa shape index (κ2) is 8.48. The number of thiophene rings is 1. The number of benzene rings is 1. The van der Waals surface area contributed by atoms with Gasteiger partial charge in [-0.25, -0.2) is 8.42 Å². The molecule has 2 aromatic rings. The summed E-state index contributed by atoms with van der Waals surface area (Å²) in [7, 11) is -3.71. The summed E-state index contributed by atoms with van der Waals surface area (Å²) in [6.45, 7) is 1.21. The molecule has 1 aliphatic rings. The molecule has 0 radical (unpaired) electrons. The second-order valence-electron chi connectivity index (χ2n) is 5.59. The summed E-state index contributed by atoms with van der Waals surface area (Å²) < 4.78 is 32.6. The topological polar surface area (TPSA) is 105 Å². The van der Waals surface area contributed by atoms with E-state index in [4.69, 9.17) is 4.74 Å². The minimum atomic E-state index is -3.71. The zero-order valence-electron chi connectivity index (χ0n) is 14.0. The van der Waals surface area contributed by atoms with Gasteiger partial charge in [-0.05, 0) is 40.2 Å². The Balaban J connectivity index is 1.69. The summed E-state index contributed by atoms with van der Waals surface area (Å²) in [6.07, 6.45) is 0. The lowest BCUT2D eigenvalue weighted by Gasteiger charge is -2.26. The summed E-state index contributed by atoms with van der Waals surface area (Å²) in [5, 5.41) is 1.64. The molecule has 0 saturated carbocycles. The lowest BCUT2D eigenvalue weighted by molar-refractivity contribution is 0.0730. The maximum absolute atomic E-state index is 12.7. The third-order valence-electron chi connectivity index (χ3n) is 3.82. The van der Waals surface area contributed by atoms with Crippen LogP contribution in [0.3, 0.4) is 0 Å². The van der Waals surface area contributed by atoms with Crippen molar-refractivity contribution in [3.63, 3.8) is 0 Å². The van der Waals surface area contributed by atoms with Crippen LogP contribution in [0.15, 0.2) is 44.4 Å². The predicted octanol–water partition coefficient (Wildman–Crippen LogP) is 1.61. The number of ether oxygens (including phenoxy) is 1. The molecule has 2 N–H and O–H groups in total. The van der Waals surface area contributed by atoms with E-state index in [-0.39, 0.29) is 23.5 Å². The van der Waals surface area contributed by atoms with E-state index in [0.29, 0.717) is 18.8 Å². The highest BCUT2D eigenvalue weighted by Gasteiger charge is 2.26. The number of hydrogen-bond acceptors (Lipinski definition) is 6. The minimum absolute atomic E-state index is 0.0186. The molecular weight excluding hydrogens is 458 g/mol. The number of carbonyl (C=O) groups is 2. The Bertz CT molecular complexity index is 954. The molecule has 0 spiro atoms. The van der Waals surface area contributed by atoms with E-state index in [9.17, 15) is 18.0 Å². The highest BCUT2D eigenvalue weighted by molar-refractivity contribution is 9.11. The van der Waals surface area contributed by atoms with Gasteiger partial charge in [0, 0.05) is 24.0 Å². The van der Waals surface area contributed by atoms with Crippen LogP contribution in [-0.2, 0) is 14.8 Å². The van der Waals surface area contributed by atoms with Gasteiger partial charge in [0.15, 0.2) is 0 Å². The highest BCUT2D eigenvalue weighted by atomic mass is 79.9. The van der Waals surface area contributed by atoms with Crippen LogP contribution in [0.1, 0.15) is 20.7 Å². The van der Waals surface area contributed by atoms with Crippen molar-refractivity contribution in [3.8, 4) is 0 Å². The van der Waals surface area contributed by atoms with Crippen LogP contribution < -0.4 is 10.9 Å². The molecule has 0 aliphatic carbocycles. The van der Waals surface area contributed by atoms with E-state index in [1.54, 1.807) is 11.4 Å². The van der Waals surface area contributed by atoms with Gasteiger partial charge in [0.1, 0.15) is 0 Å². The van der Waals surface area contributed by atoms with E-state index in [2.05, 4.69) is 26.8 Å². The molecule has 1 fully saturated rings. The zero-order valence-corrected chi connectivity index (χ0v) is 17.2. The first-order valence-corrected chi connectivity index (χ1v) is 11.0. The summed E-state index contributed by atoms with van der Waals surface area (Å²) in [4.78, 5) is 24.3. The van der Waals surface area contributed by atoms with Gasteiger partial charge in [0.05, 0.1) is 27.5 Å². The number of rotatable bonds is 4. The molecule has 1 aliphatic heterocycles. The average molecular weight is 474 g/mol. The van der Waals surface area contributed by atoms with Gasteiger partial charge in [-0.15, -0.1) is 11.3 Å². The normalized spacial score (nSPS) is 15.3. The van der Waals surface area contributed by atoms with Crippen molar-refractivity contribution in [1.29, 1.82) is 0 Å². The fraction of sp³-hybridized carbons (Fsp3) is 0.250. The number of halogens is 1. The van der Waals surface area contributed by atoms with Crippen LogP contribution in [0.2, 0.25) is 0 Å². The number of morpholine rings is 1. The predicted molar refractivity (Wildman–Crippen MR) is 103 cm³/mol. The Morgan fingerprint density at radius 1 is 1.07 bits per heavy atom. The number of carbonyl (C=O) groups excluding carboxylic acids is 2. The number of sulfonamides is 1. The smallest absolute Gasteiger partial charge is 0.270 e. The van der Waals surface area contributed by atoms with Crippen molar-refractivity contribution in [2.45, 2.75) is 4.90 Å². The van der Waals surface area contributed by atoms with Crippen LogP contribution >= 0.6 is 27.3 Å². The maximum Gasteiger partial charge on any atom is 0.270 e. The first kappa shape index (κ1) is 20.0. The Labute approximate surface area is 168 Å². The molecule has 2 amide bonds. The van der Waals surface area contributed by atoms with Crippen molar-refractivity contribution >= 4 is 49.1 Å². The Kier molecular flexibility index (Phi) is 6.27. The van der Waals surface area contributed by atoms with Crippen LogP contribution in [0.25, 0.3) is 0 Å². The lowest BCUT2D eigenvalue weighted by Crippen LogP contribution is -2.42. The zero-order chi connectivity index (χ0) is 19.4. The van der Waals surface area contributed by atoms with Gasteiger partial charge in [-0.3, -0.25) is 20.4 Å². The van der Waals surface area contributed by atoms with Gasteiger partial charge in [0.2, 0.25) is 10.0 Å². The largest absolute Gasteiger partial charge is 0.379 e. The summed E-state index contributed by atoms with van der Waals surface area (Å²) >= 11 is 4.60. The van der Waals surface area contributed by atoms with E-state index in [1.165, 1.54) is 39.9 Å². The number of nitrogens with zero attached hydrogens (tertiary/aromatic N) is 1. The van der Waals surface area contributed by atoms with Crippen molar-refractivity contribution in [2.75, 3.05) is 26.3 Å². The van der Waals surface area contributed by atoms with Gasteiger partial charge in [0.25, 0.3) is 11.8 Å². The number of hydrogen-bond donors (Lipinski definition) is 2. The Hall–Kier alpha value is -1.79. The fourth-order valence-electron chi connectivity index (χ4n) is 2.42. The SMILES string of the molecule is O=C(NNC(=O)c1csc(Br)c1)c1cccc(S(=O)(=O)N2CCOCC2)c1. The van der Waals surface area contributed by atoms with Gasteiger partial charge < -0.3 is 4.74 Å². The van der Waals surface area contributed by atoms with Crippen molar-refractivity contribution in [3.05, 3.63) is 50.6 Å². The molecule has 0 atom stereocenters. The van der Waals surface area contributed by atoms with Gasteiger partial charge >= 0.3 is 0 Å². The van der Waals surface area contributed by atoms with E-state index in [1.807, 2.05) is 0 Å². The third-order valence-corrected chi connectivity index (χ3v) is 7.22. The van der Waals surface area contributed by atoms with Gasteiger partial charge in [-0.1, -0.05) is 6.07 Å². The Morgan fingerprint density at radius 3 is 2.37 bits per heavy atom. The quantitative estimate of drug-likeness (QED) is 0.656. The monoisotopic (exact) mass is 473 g/mol. The molecule has 144 valence electrons. The molecule has 27 heavy (non-hydrogen) atoms. The average Bonchev–Trinajstić information content (AvgIpc) is 3.13. The molecule has 1 aromatic carbocycles. The summed E-state index contributed by atoms with van der Waals surface area (Å²) in [5.41, 5.74) is 5.11. The third kappa shape index (κ3) is 4.74. The number of nitrogens with one attached hydrogen (secondary N) is 2. The molecule has 1 aromatic heterocycles. The maximum atomic E-state index is 12.7.